The number of nitrogens with one attached hydrogen (secondary N) is 2. The minimum absolute atomic E-state index is 0.0446. The molecule has 2 heterocycles. The molecule has 2 aromatic heterocycles. The number of aromatic nitrogens is 3. The van der Waals surface area contributed by atoms with Crippen LogP contribution in [0.25, 0.3) is 11.0 Å². The molecule has 0 saturated heterocycles. The summed E-state index contributed by atoms with van der Waals surface area (Å²) in [5, 5.41) is 3.14. The second-order valence-corrected chi connectivity index (χ2v) is 7.73. The molecule has 3 rings (SSSR count). The molecule has 3 aromatic rings. The molecule has 0 fully saturated rings. The zero-order valence-electron chi connectivity index (χ0n) is 15.1. The van der Waals surface area contributed by atoms with Gasteiger partial charge in [0.05, 0.1) is 28.3 Å². The first-order valence-corrected chi connectivity index (χ1v) is 9.46. The van der Waals surface area contributed by atoms with Crippen molar-refractivity contribution >= 4 is 28.3 Å². The molecule has 25 heavy (non-hydrogen) atoms. The van der Waals surface area contributed by atoms with Gasteiger partial charge in [-0.1, -0.05) is 19.9 Å². The van der Waals surface area contributed by atoms with Gasteiger partial charge in [-0.25, -0.2) is 9.97 Å². The van der Waals surface area contributed by atoms with Crippen LogP contribution in [0.1, 0.15) is 48.3 Å². The molecule has 0 radical (unpaired) electrons. The van der Waals surface area contributed by atoms with E-state index >= 15 is 0 Å². The van der Waals surface area contributed by atoms with Gasteiger partial charge in [-0.15, -0.1) is 11.3 Å². The van der Waals surface area contributed by atoms with Crippen LogP contribution in [0.2, 0.25) is 0 Å². The summed E-state index contributed by atoms with van der Waals surface area (Å²) in [6.45, 7) is 8.23. The third kappa shape index (κ3) is 4.07. The van der Waals surface area contributed by atoms with Gasteiger partial charge in [-0.05, 0) is 43.9 Å². The zero-order valence-corrected chi connectivity index (χ0v) is 15.9. The van der Waals surface area contributed by atoms with Crippen molar-refractivity contribution in [2.45, 2.75) is 46.6 Å². The molecule has 1 atom stereocenters. The number of hydrogen-bond acceptors (Lipinski definition) is 4. The maximum atomic E-state index is 12.4. The summed E-state index contributed by atoms with van der Waals surface area (Å²) in [5.41, 5.74) is 5.98. The van der Waals surface area contributed by atoms with E-state index in [2.05, 4.69) is 47.1 Å². The monoisotopic (exact) mass is 356 g/mol. The van der Waals surface area contributed by atoms with E-state index in [9.17, 15) is 4.79 Å². The molecular weight excluding hydrogens is 332 g/mol. The summed E-state index contributed by atoms with van der Waals surface area (Å²) in [6.07, 6.45) is 1.19. The quantitative estimate of drug-likeness (QED) is 0.699. The molecule has 0 saturated carbocycles. The molecular formula is C19H24N4OS. The second-order valence-electron chi connectivity index (χ2n) is 6.79. The van der Waals surface area contributed by atoms with Crippen LogP contribution in [0.5, 0.6) is 0 Å². The maximum absolute atomic E-state index is 12.4. The molecule has 6 heteroatoms. The van der Waals surface area contributed by atoms with Crippen LogP contribution in [-0.2, 0) is 11.2 Å². The molecule has 0 bridgehead atoms. The first-order valence-electron chi connectivity index (χ1n) is 8.58. The maximum Gasteiger partial charge on any atom is 0.220 e. The van der Waals surface area contributed by atoms with Gasteiger partial charge in [-0.3, -0.25) is 4.79 Å². The van der Waals surface area contributed by atoms with Crippen molar-refractivity contribution in [3.63, 3.8) is 0 Å². The van der Waals surface area contributed by atoms with E-state index in [1.807, 2.05) is 24.6 Å². The Bertz CT molecular complexity index is 881. The van der Waals surface area contributed by atoms with Crippen molar-refractivity contribution in [1.82, 2.24) is 20.3 Å². The highest BCUT2D eigenvalue weighted by atomic mass is 32.1. The Labute approximate surface area is 151 Å². The summed E-state index contributed by atoms with van der Waals surface area (Å²) in [5.74, 6) is 1.11. The number of H-pyrrole nitrogens is 1. The van der Waals surface area contributed by atoms with Gasteiger partial charge in [0.1, 0.15) is 5.82 Å². The molecule has 2 N–H and O–H groups in total. The topological polar surface area (TPSA) is 70.7 Å². The van der Waals surface area contributed by atoms with Crippen molar-refractivity contribution in [3.05, 3.63) is 45.7 Å². The fourth-order valence-electron chi connectivity index (χ4n) is 2.88. The highest BCUT2D eigenvalue weighted by Crippen LogP contribution is 2.23. The van der Waals surface area contributed by atoms with Crippen LogP contribution in [0.4, 0.5) is 0 Å². The van der Waals surface area contributed by atoms with E-state index < -0.39 is 0 Å². The summed E-state index contributed by atoms with van der Waals surface area (Å²) in [6, 6.07) is 6.02. The predicted octanol–water partition coefficient (Wildman–Crippen LogP) is 4.08. The predicted molar refractivity (Wildman–Crippen MR) is 102 cm³/mol. The summed E-state index contributed by atoms with van der Waals surface area (Å²) >= 11 is 1.61. The smallest absolute Gasteiger partial charge is 0.220 e. The van der Waals surface area contributed by atoms with E-state index in [1.165, 1.54) is 10.4 Å². The van der Waals surface area contributed by atoms with Crippen molar-refractivity contribution in [2.75, 3.05) is 0 Å². The van der Waals surface area contributed by atoms with Crippen LogP contribution in [0, 0.1) is 19.8 Å². The van der Waals surface area contributed by atoms with Crippen molar-refractivity contribution in [1.29, 1.82) is 0 Å². The van der Waals surface area contributed by atoms with E-state index in [0.717, 1.165) is 29.0 Å². The first-order chi connectivity index (χ1) is 11.9. The van der Waals surface area contributed by atoms with E-state index in [-0.39, 0.29) is 17.9 Å². The number of carbonyl (C=O) groups is 1. The number of rotatable bonds is 6. The fourth-order valence-corrected chi connectivity index (χ4v) is 3.66. The third-order valence-corrected chi connectivity index (χ3v) is 5.35. The number of benzene rings is 1. The first kappa shape index (κ1) is 17.6. The minimum atomic E-state index is -0.122. The Hall–Kier alpha value is -2.21. The number of hydrogen-bond donors (Lipinski definition) is 2. The Kier molecular flexibility index (Phi) is 5.18. The lowest BCUT2D eigenvalue weighted by molar-refractivity contribution is -0.122. The van der Waals surface area contributed by atoms with E-state index in [1.54, 1.807) is 11.3 Å². The third-order valence-electron chi connectivity index (χ3n) is 4.36. The molecule has 0 aliphatic carbocycles. The van der Waals surface area contributed by atoms with Gasteiger partial charge >= 0.3 is 0 Å². The number of carbonyl (C=O) groups excluding carboxylic acids is 1. The molecule has 0 spiro atoms. The molecule has 0 aliphatic rings. The summed E-state index contributed by atoms with van der Waals surface area (Å²) in [7, 11) is 0. The van der Waals surface area contributed by atoms with Gasteiger partial charge in [-0.2, -0.15) is 0 Å². The number of nitrogens with zero attached hydrogens (tertiary/aromatic N) is 2. The highest BCUT2D eigenvalue weighted by Gasteiger charge is 2.22. The number of aromatic amines is 1. The van der Waals surface area contributed by atoms with Gasteiger partial charge in [0.2, 0.25) is 5.91 Å². The second kappa shape index (κ2) is 7.35. The Balaban J connectivity index is 1.71. The average Bonchev–Trinajstić information content (AvgIpc) is 3.15. The number of aryl methyl sites for hydroxylation is 3. The van der Waals surface area contributed by atoms with E-state index in [0.29, 0.717) is 6.42 Å². The summed E-state index contributed by atoms with van der Waals surface area (Å²) in [4.78, 5) is 25.9. The van der Waals surface area contributed by atoms with Gasteiger partial charge in [0.15, 0.2) is 0 Å². The van der Waals surface area contributed by atoms with Crippen LogP contribution < -0.4 is 5.32 Å². The van der Waals surface area contributed by atoms with Gasteiger partial charge in [0.25, 0.3) is 0 Å². The lowest BCUT2D eigenvalue weighted by atomic mass is 10.0. The minimum Gasteiger partial charge on any atom is -0.346 e. The Morgan fingerprint density at radius 2 is 2.12 bits per heavy atom. The van der Waals surface area contributed by atoms with Gasteiger partial charge in [0, 0.05) is 11.3 Å². The standard InChI is InChI=1S/C19H24N4OS/c1-11(2)18(19-21-14-6-5-12(3)9-15(14)22-19)23-17(24)8-7-16-13(4)20-10-25-16/h5-6,9-11,18H,7-8H2,1-4H3,(H,21,22)(H,23,24)/t18-/m1/s1. The number of imidazole rings is 1. The van der Waals surface area contributed by atoms with Crippen LogP contribution in [0.3, 0.4) is 0 Å². The van der Waals surface area contributed by atoms with E-state index in [4.69, 9.17) is 0 Å². The molecule has 132 valence electrons. The number of thiazole rings is 1. The molecule has 0 unspecified atom stereocenters. The largest absolute Gasteiger partial charge is 0.346 e. The number of amides is 1. The van der Waals surface area contributed by atoms with Crippen molar-refractivity contribution < 1.29 is 4.79 Å². The van der Waals surface area contributed by atoms with Crippen LogP contribution in [0.15, 0.2) is 23.7 Å². The Morgan fingerprint density at radius 3 is 2.80 bits per heavy atom. The summed E-state index contributed by atoms with van der Waals surface area (Å²) < 4.78 is 0. The fraction of sp³-hybridized carbons (Fsp3) is 0.421. The normalized spacial score (nSPS) is 12.7. The Morgan fingerprint density at radius 1 is 1.32 bits per heavy atom. The molecule has 1 aromatic carbocycles. The molecule has 0 aliphatic heterocycles. The lowest BCUT2D eigenvalue weighted by Crippen LogP contribution is -2.32. The lowest BCUT2D eigenvalue weighted by Gasteiger charge is -2.20. The highest BCUT2D eigenvalue weighted by molar-refractivity contribution is 7.09. The molecule has 1 amide bonds. The zero-order chi connectivity index (χ0) is 18.0. The SMILES string of the molecule is Cc1ccc2nc([C@H](NC(=O)CCc3scnc3C)C(C)C)[nH]c2c1. The van der Waals surface area contributed by atoms with Crippen LogP contribution in [-0.4, -0.2) is 20.9 Å². The van der Waals surface area contributed by atoms with Crippen LogP contribution >= 0.6 is 11.3 Å². The van der Waals surface area contributed by atoms with Gasteiger partial charge < -0.3 is 10.3 Å². The molecule has 5 nitrogen and oxygen atoms in total. The number of fused-ring (bicyclic) bond motifs is 1. The average molecular weight is 356 g/mol. The van der Waals surface area contributed by atoms with Crippen molar-refractivity contribution in [2.24, 2.45) is 5.92 Å². The van der Waals surface area contributed by atoms with Crippen molar-refractivity contribution in [3.8, 4) is 0 Å².